The standard InChI is InChI=1S/C15H13F3N4OS/c16-15(17,18)14(23)21-11-7-24-13(20-11)8-1-2-12(19-4-8)22-5-9-3-10(9)6-22/h1-2,4,7,9-10H,3,5-6H2,(H,21,23). The number of alkyl halides is 3. The minimum atomic E-state index is -4.93. The number of carbonyl (C=O) groups excluding carboxylic acids is 1. The molecule has 1 amide bonds. The van der Waals surface area contributed by atoms with Crippen molar-refractivity contribution < 1.29 is 18.0 Å². The van der Waals surface area contributed by atoms with Gasteiger partial charge in [-0.3, -0.25) is 4.79 Å². The van der Waals surface area contributed by atoms with Crippen molar-refractivity contribution in [1.29, 1.82) is 0 Å². The van der Waals surface area contributed by atoms with E-state index in [4.69, 9.17) is 0 Å². The zero-order valence-corrected chi connectivity index (χ0v) is 13.2. The van der Waals surface area contributed by atoms with Crippen LogP contribution < -0.4 is 10.2 Å². The summed E-state index contributed by atoms with van der Waals surface area (Å²) in [6.07, 6.45) is -1.95. The highest BCUT2D eigenvalue weighted by molar-refractivity contribution is 7.13. The highest BCUT2D eigenvalue weighted by atomic mass is 32.1. The van der Waals surface area contributed by atoms with Gasteiger partial charge in [-0.2, -0.15) is 13.2 Å². The van der Waals surface area contributed by atoms with Crippen LogP contribution >= 0.6 is 11.3 Å². The highest BCUT2D eigenvalue weighted by Gasteiger charge is 2.45. The molecule has 0 aromatic carbocycles. The molecule has 9 heteroatoms. The first-order valence-corrected chi connectivity index (χ1v) is 8.33. The quantitative estimate of drug-likeness (QED) is 0.920. The van der Waals surface area contributed by atoms with Crippen molar-refractivity contribution in [2.75, 3.05) is 23.3 Å². The second-order valence-corrected chi connectivity index (χ2v) is 6.91. The predicted octanol–water partition coefficient (Wildman–Crippen LogP) is 3.16. The summed E-state index contributed by atoms with van der Waals surface area (Å²) < 4.78 is 36.7. The van der Waals surface area contributed by atoms with Crippen molar-refractivity contribution in [1.82, 2.24) is 9.97 Å². The first-order valence-electron chi connectivity index (χ1n) is 7.45. The fourth-order valence-electron chi connectivity index (χ4n) is 2.94. The molecule has 1 aliphatic heterocycles. The van der Waals surface area contributed by atoms with Gasteiger partial charge in [-0.15, -0.1) is 11.3 Å². The number of fused-ring (bicyclic) bond motifs is 1. The Hall–Kier alpha value is -2.16. The van der Waals surface area contributed by atoms with Crippen LogP contribution in [0.5, 0.6) is 0 Å². The molecule has 5 nitrogen and oxygen atoms in total. The molecule has 0 spiro atoms. The molecule has 2 aromatic heterocycles. The lowest BCUT2D eigenvalue weighted by atomic mass is 10.3. The van der Waals surface area contributed by atoms with Gasteiger partial charge in [0.2, 0.25) is 0 Å². The summed E-state index contributed by atoms with van der Waals surface area (Å²) in [5.74, 6) is 0.394. The van der Waals surface area contributed by atoms with Crippen LogP contribution in [0, 0.1) is 11.8 Å². The Labute approximate surface area is 139 Å². The third kappa shape index (κ3) is 2.95. The van der Waals surface area contributed by atoms with Gasteiger partial charge in [-0.1, -0.05) is 0 Å². The van der Waals surface area contributed by atoms with E-state index in [0.29, 0.717) is 10.6 Å². The summed E-state index contributed by atoms with van der Waals surface area (Å²) in [4.78, 5) is 21.6. The number of carbonyl (C=O) groups is 1. The number of nitrogens with zero attached hydrogens (tertiary/aromatic N) is 3. The maximum absolute atomic E-state index is 12.2. The van der Waals surface area contributed by atoms with Gasteiger partial charge in [0.25, 0.3) is 0 Å². The van der Waals surface area contributed by atoms with E-state index in [9.17, 15) is 18.0 Å². The summed E-state index contributed by atoms with van der Waals surface area (Å²) in [6.45, 7) is 2.09. The first-order chi connectivity index (χ1) is 11.4. The molecule has 3 heterocycles. The Balaban J connectivity index is 1.45. The number of hydrogen-bond donors (Lipinski definition) is 1. The summed E-state index contributed by atoms with van der Waals surface area (Å²) in [7, 11) is 0. The van der Waals surface area contributed by atoms with Crippen LogP contribution in [0.4, 0.5) is 24.8 Å². The van der Waals surface area contributed by atoms with Gasteiger partial charge in [0, 0.05) is 30.2 Å². The van der Waals surface area contributed by atoms with Crippen LogP contribution in [0.15, 0.2) is 23.7 Å². The molecular weight excluding hydrogens is 341 g/mol. The molecule has 1 aliphatic carbocycles. The number of pyridine rings is 1. The fraction of sp³-hybridized carbons (Fsp3) is 0.400. The van der Waals surface area contributed by atoms with Crippen LogP contribution in [0.1, 0.15) is 6.42 Å². The van der Waals surface area contributed by atoms with E-state index < -0.39 is 12.1 Å². The van der Waals surface area contributed by atoms with E-state index in [-0.39, 0.29) is 5.82 Å². The maximum Gasteiger partial charge on any atom is 0.471 e. The number of piperidine rings is 1. The predicted molar refractivity (Wildman–Crippen MR) is 83.8 cm³/mol. The summed E-state index contributed by atoms with van der Waals surface area (Å²) in [6, 6.07) is 3.75. The van der Waals surface area contributed by atoms with Crippen molar-refractivity contribution in [3.05, 3.63) is 23.7 Å². The second-order valence-electron chi connectivity index (χ2n) is 6.06. The Morgan fingerprint density at radius 1 is 1.29 bits per heavy atom. The molecular formula is C15H13F3N4OS. The van der Waals surface area contributed by atoms with Gasteiger partial charge in [0.1, 0.15) is 16.6 Å². The molecule has 1 saturated carbocycles. The van der Waals surface area contributed by atoms with Crippen molar-refractivity contribution in [2.24, 2.45) is 11.8 Å². The maximum atomic E-state index is 12.2. The number of rotatable bonds is 3. The lowest BCUT2D eigenvalue weighted by Gasteiger charge is -2.18. The normalized spacial score (nSPS) is 22.4. The fourth-order valence-corrected chi connectivity index (χ4v) is 3.68. The monoisotopic (exact) mass is 354 g/mol. The number of thiazole rings is 1. The zero-order valence-electron chi connectivity index (χ0n) is 12.4. The first kappa shape index (κ1) is 15.4. The smallest absolute Gasteiger partial charge is 0.356 e. The van der Waals surface area contributed by atoms with Gasteiger partial charge in [0.15, 0.2) is 0 Å². The third-order valence-electron chi connectivity index (χ3n) is 4.30. The second kappa shape index (κ2) is 5.44. The van der Waals surface area contributed by atoms with E-state index >= 15 is 0 Å². The molecule has 0 bridgehead atoms. The van der Waals surface area contributed by atoms with Crippen LogP contribution in [-0.4, -0.2) is 35.1 Å². The Bertz CT molecular complexity index is 764. The Morgan fingerprint density at radius 2 is 2.04 bits per heavy atom. The van der Waals surface area contributed by atoms with E-state index in [1.807, 2.05) is 12.1 Å². The third-order valence-corrected chi connectivity index (χ3v) is 5.19. The van der Waals surface area contributed by atoms with Crippen LogP contribution in [0.3, 0.4) is 0 Å². The number of anilines is 2. The lowest BCUT2D eigenvalue weighted by molar-refractivity contribution is -0.167. The average Bonchev–Trinajstić information content (AvgIpc) is 2.96. The molecule has 1 saturated heterocycles. The van der Waals surface area contributed by atoms with Gasteiger partial charge >= 0.3 is 12.1 Å². The van der Waals surface area contributed by atoms with E-state index in [0.717, 1.165) is 42.1 Å². The van der Waals surface area contributed by atoms with Crippen molar-refractivity contribution >= 4 is 28.9 Å². The largest absolute Gasteiger partial charge is 0.471 e. The molecule has 2 fully saturated rings. The Kier molecular flexibility index (Phi) is 3.48. The Morgan fingerprint density at radius 3 is 2.67 bits per heavy atom. The van der Waals surface area contributed by atoms with Gasteiger partial charge in [0.05, 0.1) is 0 Å². The SMILES string of the molecule is O=C(Nc1csc(-c2ccc(N3CC4CC4C3)nc2)n1)C(F)(F)F. The number of amides is 1. The molecule has 126 valence electrons. The minimum Gasteiger partial charge on any atom is -0.356 e. The molecule has 0 radical (unpaired) electrons. The number of aromatic nitrogens is 2. The molecule has 24 heavy (non-hydrogen) atoms. The molecule has 2 aromatic rings. The summed E-state index contributed by atoms with van der Waals surface area (Å²) >= 11 is 1.15. The molecule has 2 aliphatic rings. The summed E-state index contributed by atoms with van der Waals surface area (Å²) in [5.41, 5.74) is 0.709. The van der Waals surface area contributed by atoms with Gasteiger partial charge < -0.3 is 10.2 Å². The number of nitrogens with one attached hydrogen (secondary N) is 1. The molecule has 2 atom stereocenters. The molecule has 2 unspecified atom stereocenters. The topological polar surface area (TPSA) is 58.1 Å². The van der Waals surface area contributed by atoms with Gasteiger partial charge in [-0.05, 0) is 30.4 Å². The van der Waals surface area contributed by atoms with E-state index in [2.05, 4.69) is 14.9 Å². The van der Waals surface area contributed by atoms with E-state index in [1.54, 1.807) is 11.5 Å². The van der Waals surface area contributed by atoms with Crippen LogP contribution in [0.2, 0.25) is 0 Å². The average molecular weight is 354 g/mol. The van der Waals surface area contributed by atoms with Gasteiger partial charge in [-0.25, -0.2) is 9.97 Å². The summed E-state index contributed by atoms with van der Waals surface area (Å²) in [5, 5.41) is 3.63. The van der Waals surface area contributed by atoms with Crippen LogP contribution in [-0.2, 0) is 4.79 Å². The van der Waals surface area contributed by atoms with Crippen molar-refractivity contribution in [2.45, 2.75) is 12.6 Å². The van der Waals surface area contributed by atoms with Crippen molar-refractivity contribution in [3.8, 4) is 10.6 Å². The zero-order chi connectivity index (χ0) is 16.9. The lowest BCUT2D eigenvalue weighted by Crippen LogP contribution is -2.30. The number of hydrogen-bond acceptors (Lipinski definition) is 5. The number of halogens is 3. The van der Waals surface area contributed by atoms with Crippen molar-refractivity contribution in [3.63, 3.8) is 0 Å². The van der Waals surface area contributed by atoms with E-state index in [1.165, 1.54) is 11.8 Å². The highest BCUT2D eigenvalue weighted by Crippen LogP contribution is 2.46. The molecule has 1 N–H and O–H groups in total. The minimum absolute atomic E-state index is 0.110. The van der Waals surface area contributed by atoms with Crippen LogP contribution in [0.25, 0.3) is 10.6 Å². The molecule has 4 rings (SSSR count).